The zero-order chi connectivity index (χ0) is 13.6. The molecule has 0 atom stereocenters. The summed E-state index contributed by atoms with van der Waals surface area (Å²) < 4.78 is 25.9. The number of rotatable bonds is 6. The predicted octanol–water partition coefficient (Wildman–Crippen LogP) is 0.664. The van der Waals surface area contributed by atoms with Crippen molar-refractivity contribution in [2.24, 2.45) is 10.9 Å². The second-order valence-electron chi connectivity index (χ2n) is 3.81. The molecule has 0 aromatic heterocycles. The molecule has 18 heavy (non-hydrogen) atoms. The molecule has 0 saturated carbocycles. The van der Waals surface area contributed by atoms with E-state index in [1.54, 1.807) is 24.3 Å². The van der Waals surface area contributed by atoms with E-state index in [1.165, 1.54) is 0 Å². The highest BCUT2D eigenvalue weighted by Gasteiger charge is 2.13. The summed E-state index contributed by atoms with van der Waals surface area (Å²) in [5.74, 6) is -0.193. The number of nitrogens with one attached hydrogen (secondary N) is 1. The van der Waals surface area contributed by atoms with Crippen LogP contribution in [-0.2, 0) is 16.4 Å². The van der Waals surface area contributed by atoms with Crippen LogP contribution in [-0.4, -0.2) is 26.0 Å². The Balaban J connectivity index is 2.79. The van der Waals surface area contributed by atoms with Crippen molar-refractivity contribution in [1.82, 2.24) is 4.72 Å². The van der Waals surface area contributed by atoms with Gasteiger partial charge in [0.05, 0.1) is 11.4 Å². The smallest absolute Gasteiger partial charge is 0.240 e. The quantitative estimate of drug-likeness (QED) is 0.306. The summed E-state index contributed by atoms with van der Waals surface area (Å²) in [5, 5.41) is 11.0. The van der Waals surface area contributed by atoms with Crippen molar-refractivity contribution >= 4 is 15.9 Å². The number of oxime groups is 1. The zero-order valence-corrected chi connectivity index (χ0v) is 10.9. The fourth-order valence-corrected chi connectivity index (χ4v) is 2.41. The molecule has 0 aliphatic rings. The summed E-state index contributed by atoms with van der Waals surface area (Å²) in [5.41, 5.74) is 6.29. The predicted molar refractivity (Wildman–Crippen MR) is 69.0 cm³/mol. The highest BCUT2D eigenvalue weighted by atomic mass is 32.2. The number of aryl methyl sites for hydroxylation is 1. The average Bonchev–Trinajstić information content (AvgIpc) is 2.37. The monoisotopic (exact) mass is 271 g/mol. The minimum atomic E-state index is -3.62. The molecule has 0 spiro atoms. The molecule has 0 aliphatic heterocycles. The van der Waals surface area contributed by atoms with Crippen LogP contribution >= 0.6 is 0 Å². The van der Waals surface area contributed by atoms with Crippen LogP contribution < -0.4 is 10.5 Å². The molecule has 0 saturated heterocycles. The highest BCUT2D eigenvalue weighted by Crippen LogP contribution is 2.11. The third kappa shape index (κ3) is 4.01. The van der Waals surface area contributed by atoms with Crippen molar-refractivity contribution in [3.8, 4) is 0 Å². The van der Waals surface area contributed by atoms with E-state index in [-0.39, 0.29) is 17.3 Å². The van der Waals surface area contributed by atoms with E-state index >= 15 is 0 Å². The van der Waals surface area contributed by atoms with Crippen LogP contribution in [0.5, 0.6) is 0 Å². The first-order valence-corrected chi connectivity index (χ1v) is 7.03. The van der Waals surface area contributed by atoms with E-state index in [2.05, 4.69) is 16.8 Å². The maximum atomic E-state index is 11.8. The molecule has 0 fully saturated rings. The largest absolute Gasteiger partial charge is 0.409 e. The van der Waals surface area contributed by atoms with Crippen LogP contribution in [0.2, 0.25) is 0 Å². The van der Waals surface area contributed by atoms with Gasteiger partial charge in [-0.15, -0.1) is 0 Å². The third-order valence-corrected chi connectivity index (χ3v) is 3.76. The molecule has 0 heterocycles. The fraction of sp³-hybridized carbons (Fsp3) is 0.364. The Labute approximate surface area is 107 Å². The molecule has 4 N–H and O–H groups in total. The molecule has 0 radical (unpaired) electrons. The van der Waals surface area contributed by atoms with Crippen molar-refractivity contribution in [2.75, 3.05) is 6.54 Å². The molecule has 0 bridgehead atoms. The van der Waals surface area contributed by atoms with E-state index in [9.17, 15) is 8.42 Å². The summed E-state index contributed by atoms with van der Waals surface area (Å²) in [6, 6.07) is 6.64. The molecule has 1 aromatic carbocycles. The van der Waals surface area contributed by atoms with Gasteiger partial charge in [0.15, 0.2) is 5.84 Å². The number of sulfonamides is 1. The second-order valence-corrected chi connectivity index (χ2v) is 5.58. The first-order chi connectivity index (χ1) is 8.49. The number of nitrogens with two attached hydrogens (primary N) is 1. The molecule has 1 rings (SSSR count). The summed E-state index contributed by atoms with van der Waals surface area (Å²) >= 11 is 0. The lowest BCUT2D eigenvalue weighted by atomic mass is 10.1. The molecule has 1 aromatic rings. The SMILES string of the molecule is CCCc1ccc(S(=O)(=O)NC/C(N)=N/O)cc1. The van der Waals surface area contributed by atoms with Crippen LogP contribution in [0.25, 0.3) is 0 Å². The van der Waals surface area contributed by atoms with Crippen molar-refractivity contribution < 1.29 is 13.6 Å². The molecule has 7 heteroatoms. The number of hydrogen-bond acceptors (Lipinski definition) is 4. The van der Waals surface area contributed by atoms with Gasteiger partial charge in [-0.1, -0.05) is 30.6 Å². The maximum Gasteiger partial charge on any atom is 0.240 e. The van der Waals surface area contributed by atoms with Crippen molar-refractivity contribution in [3.63, 3.8) is 0 Å². The van der Waals surface area contributed by atoms with Gasteiger partial charge in [-0.2, -0.15) is 0 Å². The molecule has 0 unspecified atom stereocenters. The first-order valence-electron chi connectivity index (χ1n) is 5.54. The average molecular weight is 271 g/mol. The van der Waals surface area contributed by atoms with Gasteiger partial charge in [-0.25, -0.2) is 13.1 Å². The van der Waals surface area contributed by atoms with Crippen molar-refractivity contribution in [2.45, 2.75) is 24.7 Å². The lowest BCUT2D eigenvalue weighted by Crippen LogP contribution is -2.33. The van der Waals surface area contributed by atoms with E-state index in [0.717, 1.165) is 18.4 Å². The van der Waals surface area contributed by atoms with E-state index in [1.807, 2.05) is 0 Å². The Kier molecular flexibility index (Phi) is 5.11. The van der Waals surface area contributed by atoms with Crippen LogP contribution in [0.3, 0.4) is 0 Å². The normalized spacial score (nSPS) is 12.6. The number of amidine groups is 1. The molecule has 100 valence electrons. The van der Waals surface area contributed by atoms with Gasteiger partial charge in [0.1, 0.15) is 0 Å². The lowest BCUT2D eigenvalue weighted by Gasteiger charge is -2.06. The van der Waals surface area contributed by atoms with Gasteiger partial charge in [-0.3, -0.25) is 0 Å². The Morgan fingerprint density at radius 3 is 2.50 bits per heavy atom. The minimum Gasteiger partial charge on any atom is -0.409 e. The summed E-state index contributed by atoms with van der Waals surface area (Å²) in [6.45, 7) is 1.83. The molecule has 0 amide bonds. The fourth-order valence-electron chi connectivity index (χ4n) is 1.41. The molecule has 0 aliphatic carbocycles. The van der Waals surface area contributed by atoms with Gasteiger partial charge < -0.3 is 10.9 Å². The molecule has 6 nitrogen and oxygen atoms in total. The third-order valence-electron chi connectivity index (χ3n) is 2.34. The zero-order valence-electron chi connectivity index (χ0n) is 10.1. The summed E-state index contributed by atoms with van der Waals surface area (Å²) in [7, 11) is -3.62. The summed E-state index contributed by atoms with van der Waals surface area (Å²) in [6.07, 6.45) is 1.92. The van der Waals surface area contributed by atoms with Crippen molar-refractivity contribution in [3.05, 3.63) is 29.8 Å². The Bertz CT molecular complexity index is 509. The van der Waals surface area contributed by atoms with Gasteiger partial charge in [0, 0.05) is 0 Å². The van der Waals surface area contributed by atoms with Gasteiger partial charge >= 0.3 is 0 Å². The minimum absolute atomic E-state index is 0.160. The molecular weight excluding hydrogens is 254 g/mol. The van der Waals surface area contributed by atoms with Gasteiger partial charge in [0.25, 0.3) is 0 Å². The standard InChI is InChI=1S/C11H17N3O3S/c1-2-3-9-4-6-10(7-5-9)18(16,17)13-8-11(12)14-15/h4-7,13,15H,2-3,8H2,1H3,(H2,12,14). The second kappa shape index (κ2) is 6.36. The van der Waals surface area contributed by atoms with E-state index < -0.39 is 10.0 Å². The highest BCUT2D eigenvalue weighted by molar-refractivity contribution is 7.89. The Morgan fingerprint density at radius 1 is 1.39 bits per heavy atom. The van der Waals surface area contributed by atoms with Crippen LogP contribution in [0.4, 0.5) is 0 Å². The maximum absolute atomic E-state index is 11.8. The number of benzene rings is 1. The van der Waals surface area contributed by atoms with Crippen LogP contribution in [0.15, 0.2) is 34.3 Å². The Morgan fingerprint density at radius 2 is 2.00 bits per heavy atom. The number of nitrogens with zero attached hydrogens (tertiary/aromatic N) is 1. The number of hydrogen-bond donors (Lipinski definition) is 3. The summed E-state index contributed by atoms with van der Waals surface area (Å²) in [4.78, 5) is 0.160. The lowest BCUT2D eigenvalue weighted by molar-refractivity contribution is 0.317. The van der Waals surface area contributed by atoms with E-state index in [4.69, 9.17) is 10.9 Å². The Hall–Kier alpha value is -1.60. The van der Waals surface area contributed by atoms with Gasteiger partial charge in [0.2, 0.25) is 10.0 Å². The first kappa shape index (κ1) is 14.5. The van der Waals surface area contributed by atoms with Crippen LogP contribution in [0.1, 0.15) is 18.9 Å². The van der Waals surface area contributed by atoms with Crippen LogP contribution in [0, 0.1) is 0 Å². The van der Waals surface area contributed by atoms with Gasteiger partial charge in [-0.05, 0) is 24.1 Å². The topological polar surface area (TPSA) is 105 Å². The van der Waals surface area contributed by atoms with E-state index in [0.29, 0.717) is 0 Å². The van der Waals surface area contributed by atoms with Crippen molar-refractivity contribution in [1.29, 1.82) is 0 Å². The molecular formula is C11H17N3O3S.